The van der Waals surface area contributed by atoms with Crippen LogP contribution in [-0.2, 0) is 4.79 Å². The fourth-order valence-corrected chi connectivity index (χ4v) is 3.87. The average Bonchev–Trinajstić information content (AvgIpc) is 2.86. The summed E-state index contributed by atoms with van der Waals surface area (Å²) >= 11 is 0. The molecule has 0 radical (unpaired) electrons. The lowest BCUT2D eigenvalue weighted by Crippen LogP contribution is -2.52. The molecule has 138 valence electrons. The van der Waals surface area contributed by atoms with Crippen LogP contribution in [0.2, 0.25) is 0 Å². The van der Waals surface area contributed by atoms with Crippen molar-refractivity contribution in [3.8, 4) is 0 Å². The summed E-state index contributed by atoms with van der Waals surface area (Å²) < 4.78 is 0. The van der Waals surface area contributed by atoms with Gasteiger partial charge in [0.15, 0.2) is 0 Å². The summed E-state index contributed by atoms with van der Waals surface area (Å²) in [5.41, 5.74) is 5.61. The molecule has 1 saturated carbocycles. The topological polar surface area (TPSA) is 58.4 Å². The minimum Gasteiger partial charge on any atom is -0.354 e. The smallest absolute Gasteiger partial charge is 0.240 e. The van der Waals surface area contributed by atoms with E-state index in [0.717, 1.165) is 50.5 Å². The first-order valence-corrected chi connectivity index (χ1v) is 8.79. The van der Waals surface area contributed by atoms with E-state index in [-0.39, 0.29) is 30.7 Å². The normalized spacial score (nSPS) is 23.9. The number of likely N-dealkylation sites (tertiary alicyclic amines) is 1. The second-order valence-electron chi connectivity index (χ2n) is 7.57. The summed E-state index contributed by atoms with van der Waals surface area (Å²) in [6, 6.07) is 0. The first kappa shape index (κ1) is 23.0. The highest BCUT2D eigenvalue weighted by atomic mass is 35.5. The third-order valence-corrected chi connectivity index (χ3v) is 5.01. The minimum absolute atomic E-state index is 0. The number of nitrogens with one attached hydrogen (secondary N) is 1. The van der Waals surface area contributed by atoms with Crippen LogP contribution >= 0.6 is 24.8 Å². The SMILES string of the molecule is CC(C)CN1CCCC(CCNC(=O)C2(N)CCCC2)C1.Cl.Cl. The molecular formula is C17H35Cl2N3O. The van der Waals surface area contributed by atoms with Crippen LogP contribution in [0.15, 0.2) is 0 Å². The largest absolute Gasteiger partial charge is 0.354 e. The molecule has 0 aromatic rings. The molecule has 4 nitrogen and oxygen atoms in total. The Morgan fingerprint density at radius 1 is 1.26 bits per heavy atom. The number of nitrogens with two attached hydrogens (primary N) is 1. The van der Waals surface area contributed by atoms with Gasteiger partial charge in [-0.15, -0.1) is 24.8 Å². The molecule has 1 atom stereocenters. The van der Waals surface area contributed by atoms with E-state index in [0.29, 0.717) is 0 Å². The third kappa shape index (κ3) is 7.16. The van der Waals surface area contributed by atoms with Crippen LogP contribution in [0.1, 0.15) is 58.8 Å². The number of piperidine rings is 1. The van der Waals surface area contributed by atoms with E-state index in [2.05, 4.69) is 24.1 Å². The molecule has 0 aromatic carbocycles. The Kier molecular flexibility index (Phi) is 10.7. The van der Waals surface area contributed by atoms with Crippen molar-refractivity contribution in [1.29, 1.82) is 0 Å². The predicted molar refractivity (Wildman–Crippen MR) is 102 cm³/mol. The molecule has 1 unspecified atom stereocenters. The van der Waals surface area contributed by atoms with Crippen LogP contribution in [-0.4, -0.2) is 42.5 Å². The average molecular weight is 368 g/mol. The molecule has 1 aliphatic heterocycles. The number of carbonyl (C=O) groups is 1. The van der Waals surface area contributed by atoms with Crippen LogP contribution in [0, 0.1) is 11.8 Å². The maximum absolute atomic E-state index is 12.2. The molecule has 3 N–H and O–H groups in total. The summed E-state index contributed by atoms with van der Waals surface area (Å²) in [6.45, 7) is 9.00. The first-order valence-electron chi connectivity index (χ1n) is 8.79. The molecule has 1 amide bonds. The lowest BCUT2D eigenvalue weighted by Gasteiger charge is -2.34. The third-order valence-electron chi connectivity index (χ3n) is 5.01. The highest BCUT2D eigenvalue weighted by molar-refractivity contribution is 5.86. The van der Waals surface area contributed by atoms with E-state index in [1.165, 1.54) is 32.5 Å². The van der Waals surface area contributed by atoms with Crippen LogP contribution in [0.25, 0.3) is 0 Å². The maximum Gasteiger partial charge on any atom is 0.240 e. The Bertz CT molecular complexity index is 347. The lowest BCUT2D eigenvalue weighted by molar-refractivity contribution is -0.126. The summed E-state index contributed by atoms with van der Waals surface area (Å²) in [6.07, 6.45) is 7.59. The molecule has 1 heterocycles. The number of amides is 1. The number of nitrogens with zero attached hydrogens (tertiary/aromatic N) is 1. The van der Waals surface area contributed by atoms with Gasteiger partial charge in [0.1, 0.15) is 0 Å². The van der Waals surface area contributed by atoms with Crippen molar-refractivity contribution in [2.45, 2.75) is 64.3 Å². The molecule has 6 heteroatoms. The van der Waals surface area contributed by atoms with Crippen molar-refractivity contribution in [1.82, 2.24) is 10.2 Å². The Morgan fingerprint density at radius 2 is 1.91 bits per heavy atom. The molecule has 2 aliphatic rings. The van der Waals surface area contributed by atoms with Gasteiger partial charge in [-0.25, -0.2) is 0 Å². The zero-order valence-electron chi connectivity index (χ0n) is 14.7. The van der Waals surface area contributed by atoms with Gasteiger partial charge in [0.05, 0.1) is 5.54 Å². The van der Waals surface area contributed by atoms with Crippen molar-refractivity contribution >= 4 is 30.7 Å². The highest BCUT2D eigenvalue weighted by Gasteiger charge is 2.36. The molecule has 0 bridgehead atoms. The monoisotopic (exact) mass is 367 g/mol. The van der Waals surface area contributed by atoms with E-state index in [9.17, 15) is 4.79 Å². The van der Waals surface area contributed by atoms with Gasteiger partial charge in [-0.3, -0.25) is 4.79 Å². The Labute approximate surface area is 154 Å². The van der Waals surface area contributed by atoms with Crippen molar-refractivity contribution in [2.75, 3.05) is 26.2 Å². The molecule has 1 saturated heterocycles. The zero-order chi connectivity index (χ0) is 15.3. The lowest BCUT2D eigenvalue weighted by atomic mass is 9.93. The summed E-state index contributed by atoms with van der Waals surface area (Å²) in [5, 5.41) is 3.09. The molecule has 0 spiro atoms. The standard InChI is InChI=1S/C17H33N3O.2ClH/c1-14(2)12-20-11-5-6-15(13-20)7-10-19-16(21)17(18)8-3-4-9-17;;/h14-15H,3-13,18H2,1-2H3,(H,19,21);2*1H. The number of hydrogen-bond donors (Lipinski definition) is 2. The van der Waals surface area contributed by atoms with E-state index in [1.54, 1.807) is 0 Å². The van der Waals surface area contributed by atoms with Crippen molar-refractivity contribution in [2.24, 2.45) is 17.6 Å². The zero-order valence-corrected chi connectivity index (χ0v) is 16.3. The Hall–Kier alpha value is -0.0300. The summed E-state index contributed by atoms with van der Waals surface area (Å²) in [5.74, 6) is 1.55. The van der Waals surface area contributed by atoms with Gasteiger partial charge in [-0.1, -0.05) is 26.7 Å². The number of halogens is 2. The van der Waals surface area contributed by atoms with Gasteiger partial charge in [0.2, 0.25) is 5.91 Å². The van der Waals surface area contributed by atoms with Crippen molar-refractivity contribution in [3.63, 3.8) is 0 Å². The number of rotatable bonds is 6. The van der Waals surface area contributed by atoms with Gasteiger partial charge in [-0.05, 0) is 50.5 Å². The maximum atomic E-state index is 12.2. The molecular weight excluding hydrogens is 333 g/mol. The molecule has 23 heavy (non-hydrogen) atoms. The second kappa shape index (κ2) is 10.8. The van der Waals surface area contributed by atoms with Gasteiger partial charge < -0.3 is 16.0 Å². The predicted octanol–water partition coefficient (Wildman–Crippen LogP) is 2.98. The molecule has 0 aromatic heterocycles. The van der Waals surface area contributed by atoms with Crippen molar-refractivity contribution < 1.29 is 4.79 Å². The van der Waals surface area contributed by atoms with Crippen LogP contribution in [0.5, 0.6) is 0 Å². The van der Waals surface area contributed by atoms with E-state index in [4.69, 9.17) is 5.73 Å². The quantitative estimate of drug-likeness (QED) is 0.758. The van der Waals surface area contributed by atoms with Crippen LogP contribution in [0.3, 0.4) is 0 Å². The van der Waals surface area contributed by atoms with E-state index in [1.807, 2.05) is 0 Å². The number of carbonyl (C=O) groups excluding carboxylic acids is 1. The van der Waals surface area contributed by atoms with E-state index < -0.39 is 5.54 Å². The van der Waals surface area contributed by atoms with Gasteiger partial charge in [0, 0.05) is 19.6 Å². The second-order valence-corrected chi connectivity index (χ2v) is 7.57. The minimum atomic E-state index is -0.573. The molecule has 2 rings (SSSR count). The van der Waals surface area contributed by atoms with Gasteiger partial charge in [0.25, 0.3) is 0 Å². The van der Waals surface area contributed by atoms with Gasteiger partial charge >= 0.3 is 0 Å². The fraction of sp³-hybridized carbons (Fsp3) is 0.941. The van der Waals surface area contributed by atoms with Gasteiger partial charge in [-0.2, -0.15) is 0 Å². The van der Waals surface area contributed by atoms with E-state index >= 15 is 0 Å². The number of hydrogen-bond acceptors (Lipinski definition) is 3. The van der Waals surface area contributed by atoms with Crippen LogP contribution < -0.4 is 11.1 Å². The first-order chi connectivity index (χ1) is 9.99. The highest BCUT2D eigenvalue weighted by Crippen LogP contribution is 2.27. The molecule has 2 fully saturated rings. The fourth-order valence-electron chi connectivity index (χ4n) is 3.87. The Morgan fingerprint density at radius 3 is 2.52 bits per heavy atom. The summed E-state index contributed by atoms with van der Waals surface area (Å²) in [4.78, 5) is 14.8. The molecule has 1 aliphatic carbocycles. The summed E-state index contributed by atoms with van der Waals surface area (Å²) in [7, 11) is 0. The van der Waals surface area contributed by atoms with Crippen LogP contribution in [0.4, 0.5) is 0 Å². The Balaban J connectivity index is 0.00000242. The van der Waals surface area contributed by atoms with Crippen molar-refractivity contribution in [3.05, 3.63) is 0 Å².